The molecule has 0 aromatic heterocycles. The third kappa shape index (κ3) is 3.18. The molecular weight excluding hydrogens is 208 g/mol. The minimum Gasteiger partial charge on any atom is -0.308 e. The molecule has 1 unspecified atom stereocenters. The number of likely N-dealkylation sites (N-methyl/N-ethyl adjacent to an activating group) is 1. The first-order valence-corrected chi connectivity index (χ1v) is 6.47. The summed E-state index contributed by atoms with van der Waals surface area (Å²) in [5.41, 5.74) is 2.96. The summed E-state index contributed by atoms with van der Waals surface area (Å²) in [5.74, 6) is 0. The molecule has 1 aromatic rings. The van der Waals surface area contributed by atoms with Gasteiger partial charge in [-0.2, -0.15) is 0 Å². The highest BCUT2D eigenvalue weighted by Gasteiger charge is 2.18. The van der Waals surface area contributed by atoms with Crippen molar-refractivity contribution < 1.29 is 0 Å². The predicted octanol–water partition coefficient (Wildman–Crippen LogP) is 2.21. The van der Waals surface area contributed by atoms with Crippen LogP contribution in [-0.4, -0.2) is 30.6 Å². The smallest absolute Gasteiger partial charge is 0.0238 e. The van der Waals surface area contributed by atoms with E-state index in [-0.39, 0.29) is 0 Å². The summed E-state index contributed by atoms with van der Waals surface area (Å²) >= 11 is 0. The summed E-state index contributed by atoms with van der Waals surface area (Å²) < 4.78 is 0. The number of hydrogen-bond donors (Lipinski definition) is 1. The minimum atomic E-state index is 0.574. The lowest BCUT2D eigenvalue weighted by atomic mass is 9.95. The van der Waals surface area contributed by atoms with Crippen LogP contribution >= 0.6 is 0 Å². The van der Waals surface area contributed by atoms with Gasteiger partial charge < -0.3 is 5.32 Å². The van der Waals surface area contributed by atoms with Crippen molar-refractivity contribution in [3.05, 3.63) is 48.0 Å². The lowest BCUT2D eigenvalue weighted by molar-refractivity contribution is 0.268. The van der Waals surface area contributed by atoms with Gasteiger partial charge in [0.2, 0.25) is 0 Å². The SMILES string of the molecule is C=CCN(CC)CC1Cc2ccccc2CN1. The second kappa shape index (κ2) is 5.99. The van der Waals surface area contributed by atoms with Crippen molar-refractivity contribution in [3.63, 3.8) is 0 Å². The Balaban J connectivity index is 1.95. The number of fused-ring (bicyclic) bond motifs is 1. The molecule has 2 nitrogen and oxygen atoms in total. The molecule has 1 heterocycles. The summed E-state index contributed by atoms with van der Waals surface area (Å²) in [5, 5.41) is 3.62. The van der Waals surface area contributed by atoms with Crippen LogP contribution in [0.1, 0.15) is 18.1 Å². The van der Waals surface area contributed by atoms with Gasteiger partial charge in [-0.1, -0.05) is 37.3 Å². The number of nitrogens with zero attached hydrogens (tertiary/aromatic N) is 1. The van der Waals surface area contributed by atoms with E-state index in [2.05, 4.69) is 48.0 Å². The van der Waals surface area contributed by atoms with Crippen molar-refractivity contribution in [2.45, 2.75) is 25.9 Å². The topological polar surface area (TPSA) is 15.3 Å². The molecule has 0 radical (unpaired) electrons. The molecular formula is C15H22N2. The van der Waals surface area contributed by atoms with E-state index in [1.54, 1.807) is 0 Å². The molecule has 0 saturated carbocycles. The second-order valence-corrected chi connectivity index (χ2v) is 4.69. The van der Waals surface area contributed by atoms with Gasteiger partial charge in [0.05, 0.1) is 0 Å². The second-order valence-electron chi connectivity index (χ2n) is 4.69. The fourth-order valence-corrected chi connectivity index (χ4v) is 2.48. The number of hydrogen-bond acceptors (Lipinski definition) is 2. The lowest BCUT2D eigenvalue weighted by Gasteiger charge is -2.30. The van der Waals surface area contributed by atoms with Gasteiger partial charge in [0, 0.05) is 25.7 Å². The maximum absolute atomic E-state index is 3.82. The summed E-state index contributed by atoms with van der Waals surface area (Å²) in [6, 6.07) is 9.32. The van der Waals surface area contributed by atoms with Crippen LogP contribution < -0.4 is 5.32 Å². The molecule has 92 valence electrons. The van der Waals surface area contributed by atoms with Crippen molar-refractivity contribution >= 4 is 0 Å². The van der Waals surface area contributed by atoms with E-state index in [0.29, 0.717) is 6.04 Å². The van der Waals surface area contributed by atoms with Gasteiger partial charge in [0.1, 0.15) is 0 Å². The average Bonchev–Trinajstić information content (AvgIpc) is 2.38. The van der Waals surface area contributed by atoms with Gasteiger partial charge in [-0.05, 0) is 24.1 Å². The zero-order valence-electron chi connectivity index (χ0n) is 10.7. The number of nitrogens with one attached hydrogen (secondary N) is 1. The third-order valence-electron chi connectivity index (χ3n) is 3.48. The largest absolute Gasteiger partial charge is 0.308 e. The van der Waals surface area contributed by atoms with E-state index >= 15 is 0 Å². The number of benzene rings is 1. The van der Waals surface area contributed by atoms with E-state index < -0.39 is 0 Å². The van der Waals surface area contributed by atoms with Crippen molar-refractivity contribution in [1.82, 2.24) is 10.2 Å². The molecule has 1 atom stereocenters. The Bertz CT molecular complexity index is 373. The van der Waals surface area contributed by atoms with Gasteiger partial charge in [0.25, 0.3) is 0 Å². The van der Waals surface area contributed by atoms with E-state index in [4.69, 9.17) is 0 Å². The Morgan fingerprint density at radius 2 is 2.18 bits per heavy atom. The minimum absolute atomic E-state index is 0.574. The molecule has 1 aliphatic rings. The molecule has 2 rings (SSSR count). The molecule has 1 aromatic carbocycles. The molecule has 0 amide bonds. The molecule has 2 heteroatoms. The highest BCUT2D eigenvalue weighted by atomic mass is 15.1. The fraction of sp³-hybridized carbons (Fsp3) is 0.467. The quantitative estimate of drug-likeness (QED) is 0.780. The van der Waals surface area contributed by atoms with Crippen molar-refractivity contribution in [2.24, 2.45) is 0 Å². The Kier molecular flexibility index (Phi) is 4.35. The summed E-state index contributed by atoms with van der Waals surface area (Å²) in [6.07, 6.45) is 3.13. The molecule has 0 aliphatic carbocycles. The summed E-state index contributed by atoms with van der Waals surface area (Å²) in [7, 11) is 0. The van der Waals surface area contributed by atoms with Crippen LogP contribution in [0.25, 0.3) is 0 Å². The highest BCUT2D eigenvalue weighted by Crippen LogP contribution is 2.16. The zero-order chi connectivity index (χ0) is 12.1. The first-order chi connectivity index (χ1) is 8.33. The van der Waals surface area contributed by atoms with E-state index in [0.717, 1.165) is 32.6 Å². The normalized spacial score (nSPS) is 19.1. The molecule has 1 aliphatic heterocycles. The maximum Gasteiger partial charge on any atom is 0.0238 e. The molecule has 0 bridgehead atoms. The molecule has 0 fully saturated rings. The standard InChI is InChI=1S/C15H22N2/c1-3-9-17(4-2)12-15-10-13-7-5-6-8-14(13)11-16-15/h3,5-8,15-16H,1,4,9-12H2,2H3. The fourth-order valence-electron chi connectivity index (χ4n) is 2.48. The van der Waals surface area contributed by atoms with Crippen LogP contribution in [0.5, 0.6) is 0 Å². The summed E-state index contributed by atoms with van der Waals surface area (Å²) in [6.45, 7) is 10.2. The first-order valence-electron chi connectivity index (χ1n) is 6.47. The van der Waals surface area contributed by atoms with Gasteiger partial charge >= 0.3 is 0 Å². The molecule has 0 saturated heterocycles. The van der Waals surface area contributed by atoms with Gasteiger partial charge in [-0.25, -0.2) is 0 Å². The van der Waals surface area contributed by atoms with Crippen molar-refractivity contribution in [3.8, 4) is 0 Å². The van der Waals surface area contributed by atoms with Crippen LogP contribution in [0.3, 0.4) is 0 Å². The lowest BCUT2D eigenvalue weighted by Crippen LogP contribution is -2.44. The van der Waals surface area contributed by atoms with Crippen LogP contribution in [0, 0.1) is 0 Å². The van der Waals surface area contributed by atoms with Crippen LogP contribution in [0.15, 0.2) is 36.9 Å². The van der Waals surface area contributed by atoms with Gasteiger partial charge in [-0.3, -0.25) is 4.90 Å². The monoisotopic (exact) mass is 230 g/mol. The Hall–Kier alpha value is -1.12. The van der Waals surface area contributed by atoms with E-state index in [1.807, 2.05) is 6.08 Å². The maximum atomic E-state index is 3.82. The summed E-state index contributed by atoms with van der Waals surface area (Å²) in [4.78, 5) is 2.43. The van der Waals surface area contributed by atoms with Crippen LogP contribution in [0.4, 0.5) is 0 Å². The van der Waals surface area contributed by atoms with E-state index in [1.165, 1.54) is 11.1 Å². The van der Waals surface area contributed by atoms with Gasteiger partial charge in [0.15, 0.2) is 0 Å². The first kappa shape index (κ1) is 12.3. The molecule has 0 spiro atoms. The van der Waals surface area contributed by atoms with Crippen molar-refractivity contribution in [2.75, 3.05) is 19.6 Å². The van der Waals surface area contributed by atoms with Crippen LogP contribution in [0.2, 0.25) is 0 Å². The highest BCUT2D eigenvalue weighted by molar-refractivity contribution is 5.29. The van der Waals surface area contributed by atoms with Crippen molar-refractivity contribution in [1.29, 1.82) is 0 Å². The average molecular weight is 230 g/mol. The number of rotatable bonds is 5. The third-order valence-corrected chi connectivity index (χ3v) is 3.48. The Morgan fingerprint density at radius 1 is 1.41 bits per heavy atom. The van der Waals surface area contributed by atoms with Crippen LogP contribution in [-0.2, 0) is 13.0 Å². The predicted molar refractivity (Wildman–Crippen MR) is 73.1 cm³/mol. The Labute approximate surface area is 104 Å². The Morgan fingerprint density at radius 3 is 2.88 bits per heavy atom. The molecule has 17 heavy (non-hydrogen) atoms. The zero-order valence-corrected chi connectivity index (χ0v) is 10.7. The van der Waals surface area contributed by atoms with Gasteiger partial charge in [-0.15, -0.1) is 6.58 Å². The van der Waals surface area contributed by atoms with E-state index in [9.17, 15) is 0 Å². The molecule has 1 N–H and O–H groups in total.